The Morgan fingerprint density at radius 1 is 1.09 bits per heavy atom. The highest BCUT2D eigenvalue weighted by atomic mass is 16.6. The molecular weight excluding hydrogens is 140 g/mol. The molecule has 0 atom stereocenters. The zero-order valence-corrected chi connectivity index (χ0v) is 5.77. The molecule has 0 N–H and O–H groups in total. The predicted molar refractivity (Wildman–Crippen MR) is 39.7 cm³/mol. The van der Waals surface area contributed by atoms with Crippen molar-refractivity contribution in [1.82, 2.24) is 10.3 Å². The molecule has 0 saturated heterocycles. The van der Waals surface area contributed by atoms with Gasteiger partial charge in [0.2, 0.25) is 0 Å². The second-order valence-corrected chi connectivity index (χ2v) is 2.16. The van der Waals surface area contributed by atoms with E-state index in [4.69, 9.17) is 0 Å². The Kier molecular flexibility index (Phi) is 1.41. The molecule has 0 aliphatic rings. The van der Waals surface area contributed by atoms with Crippen LogP contribution in [-0.2, 0) is 0 Å². The Balaban J connectivity index is 2.46. The highest BCUT2D eigenvalue weighted by molar-refractivity contribution is 5.56. The van der Waals surface area contributed by atoms with E-state index < -0.39 is 0 Å². The van der Waals surface area contributed by atoms with Crippen LogP contribution in [0.4, 0.5) is 0 Å². The highest BCUT2D eigenvalue weighted by Gasteiger charge is 1.98. The fraction of sp³-hybridized carbons (Fsp3) is 0. The van der Waals surface area contributed by atoms with Gasteiger partial charge in [0.25, 0.3) is 0 Å². The summed E-state index contributed by atoms with van der Waals surface area (Å²) in [6, 6.07) is 9.77. The average Bonchev–Trinajstić information content (AvgIpc) is 2.58. The number of nitrogens with zero attached hydrogens (tertiary/aromatic N) is 2. The molecular formula is C8H6N2O. The maximum absolute atomic E-state index is 4.47. The summed E-state index contributed by atoms with van der Waals surface area (Å²) >= 11 is 0. The molecule has 0 unspecified atom stereocenters. The van der Waals surface area contributed by atoms with E-state index in [1.807, 2.05) is 30.3 Å². The molecule has 1 aromatic carbocycles. The zero-order chi connectivity index (χ0) is 7.52. The van der Waals surface area contributed by atoms with Crippen molar-refractivity contribution in [2.24, 2.45) is 0 Å². The van der Waals surface area contributed by atoms with Gasteiger partial charge in [-0.3, -0.25) is 0 Å². The largest absolute Gasteiger partial charge is 0.244 e. The van der Waals surface area contributed by atoms with E-state index in [9.17, 15) is 0 Å². The maximum Gasteiger partial charge on any atom is 0.135 e. The Morgan fingerprint density at radius 2 is 1.91 bits per heavy atom. The SMILES string of the molecule is c1ccc(-c2cnon2)cc1. The monoisotopic (exact) mass is 146 g/mol. The third kappa shape index (κ3) is 1.12. The third-order valence-electron chi connectivity index (χ3n) is 1.43. The van der Waals surface area contributed by atoms with E-state index in [0.29, 0.717) is 0 Å². The van der Waals surface area contributed by atoms with Crippen molar-refractivity contribution < 1.29 is 4.63 Å². The van der Waals surface area contributed by atoms with E-state index in [1.165, 1.54) is 0 Å². The molecule has 0 spiro atoms. The number of aromatic nitrogens is 2. The van der Waals surface area contributed by atoms with Gasteiger partial charge in [0.1, 0.15) is 5.69 Å². The first-order valence-corrected chi connectivity index (χ1v) is 3.30. The summed E-state index contributed by atoms with van der Waals surface area (Å²) in [5, 5.41) is 7.21. The van der Waals surface area contributed by atoms with Gasteiger partial charge in [-0.1, -0.05) is 35.5 Å². The van der Waals surface area contributed by atoms with Gasteiger partial charge >= 0.3 is 0 Å². The first-order chi connectivity index (χ1) is 5.47. The Hall–Kier alpha value is -1.64. The molecule has 0 fully saturated rings. The van der Waals surface area contributed by atoms with Crippen LogP contribution in [0.5, 0.6) is 0 Å². The zero-order valence-electron chi connectivity index (χ0n) is 5.77. The molecule has 2 aromatic rings. The summed E-state index contributed by atoms with van der Waals surface area (Å²) < 4.78 is 4.47. The Labute approximate surface area is 63.6 Å². The van der Waals surface area contributed by atoms with Crippen molar-refractivity contribution in [2.75, 3.05) is 0 Å². The summed E-state index contributed by atoms with van der Waals surface area (Å²) in [5.41, 5.74) is 1.79. The normalized spacial score (nSPS) is 9.82. The molecule has 2 rings (SSSR count). The van der Waals surface area contributed by atoms with Crippen LogP contribution in [0.2, 0.25) is 0 Å². The van der Waals surface area contributed by atoms with Crippen LogP contribution in [0.15, 0.2) is 41.2 Å². The lowest BCUT2D eigenvalue weighted by atomic mass is 10.2. The van der Waals surface area contributed by atoms with Crippen molar-refractivity contribution in [2.45, 2.75) is 0 Å². The minimum atomic E-state index is 0.769. The molecule has 0 saturated carbocycles. The molecule has 3 nitrogen and oxygen atoms in total. The maximum atomic E-state index is 4.47. The Bertz CT molecular complexity index is 315. The van der Waals surface area contributed by atoms with Crippen molar-refractivity contribution in [3.05, 3.63) is 36.5 Å². The topological polar surface area (TPSA) is 38.9 Å². The van der Waals surface area contributed by atoms with E-state index in [0.717, 1.165) is 11.3 Å². The predicted octanol–water partition coefficient (Wildman–Crippen LogP) is 1.74. The number of hydrogen-bond acceptors (Lipinski definition) is 3. The Morgan fingerprint density at radius 3 is 2.55 bits per heavy atom. The number of rotatable bonds is 1. The summed E-state index contributed by atoms with van der Waals surface area (Å²) in [7, 11) is 0. The summed E-state index contributed by atoms with van der Waals surface area (Å²) in [4.78, 5) is 0. The van der Waals surface area contributed by atoms with Gasteiger partial charge in [0.15, 0.2) is 0 Å². The number of benzene rings is 1. The third-order valence-corrected chi connectivity index (χ3v) is 1.43. The molecule has 11 heavy (non-hydrogen) atoms. The average molecular weight is 146 g/mol. The highest BCUT2D eigenvalue weighted by Crippen LogP contribution is 2.13. The van der Waals surface area contributed by atoms with Crippen LogP contribution in [0.3, 0.4) is 0 Å². The van der Waals surface area contributed by atoms with E-state index >= 15 is 0 Å². The first-order valence-electron chi connectivity index (χ1n) is 3.30. The second kappa shape index (κ2) is 2.54. The fourth-order valence-corrected chi connectivity index (χ4v) is 0.901. The molecule has 1 heterocycles. The van der Waals surface area contributed by atoms with Gasteiger partial charge in [-0.05, 0) is 5.16 Å². The van der Waals surface area contributed by atoms with Gasteiger partial charge in [0, 0.05) is 5.56 Å². The lowest BCUT2D eigenvalue weighted by molar-refractivity contribution is 0.308. The standard InChI is InChI=1S/C8H6N2O/c1-2-4-7(5-3-1)8-6-9-11-10-8/h1-6H. The quantitative estimate of drug-likeness (QED) is 0.615. The van der Waals surface area contributed by atoms with Crippen molar-refractivity contribution >= 4 is 0 Å². The smallest absolute Gasteiger partial charge is 0.135 e. The van der Waals surface area contributed by atoms with Crippen molar-refractivity contribution in [1.29, 1.82) is 0 Å². The fourth-order valence-electron chi connectivity index (χ4n) is 0.901. The molecule has 0 aliphatic heterocycles. The first kappa shape index (κ1) is 6.09. The van der Waals surface area contributed by atoms with E-state index in [1.54, 1.807) is 6.20 Å². The van der Waals surface area contributed by atoms with Gasteiger partial charge < -0.3 is 0 Å². The van der Waals surface area contributed by atoms with Crippen LogP contribution in [0.1, 0.15) is 0 Å². The summed E-state index contributed by atoms with van der Waals surface area (Å²) in [6.07, 6.45) is 1.59. The molecule has 0 bridgehead atoms. The summed E-state index contributed by atoms with van der Waals surface area (Å²) in [6.45, 7) is 0. The van der Waals surface area contributed by atoms with Gasteiger partial charge in [-0.15, -0.1) is 0 Å². The van der Waals surface area contributed by atoms with Crippen LogP contribution < -0.4 is 0 Å². The van der Waals surface area contributed by atoms with Gasteiger partial charge in [-0.25, -0.2) is 4.63 Å². The van der Waals surface area contributed by atoms with Crippen LogP contribution >= 0.6 is 0 Å². The van der Waals surface area contributed by atoms with Crippen LogP contribution in [0, 0.1) is 0 Å². The van der Waals surface area contributed by atoms with E-state index in [-0.39, 0.29) is 0 Å². The van der Waals surface area contributed by atoms with Gasteiger partial charge in [0.05, 0.1) is 6.20 Å². The second-order valence-electron chi connectivity index (χ2n) is 2.16. The van der Waals surface area contributed by atoms with Crippen LogP contribution in [0.25, 0.3) is 11.3 Å². The summed E-state index contributed by atoms with van der Waals surface area (Å²) in [5.74, 6) is 0. The molecule has 3 heteroatoms. The lowest BCUT2D eigenvalue weighted by Crippen LogP contribution is -1.73. The minimum absolute atomic E-state index is 0.769. The molecule has 0 aliphatic carbocycles. The van der Waals surface area contributed by atoms with Crippen molar-refractivity contribution in [3.63, 3.8) is 0 Å². The van der Waals surface area contributed by atoms with Crippen molar-refractivity contribution in [3.8, 4) is 11.3 Å². The number of hydrogen-bond donors (Lipinski definition) is 0. The molecule has 1 aromatic heterocycles. The molecule has 0 radical (unpaired) electrons. The minimum Gasteiger partial charge on any atom is -0.244 e. The van der Waals surface area contributed by atoms with Gasteiger partial charge in [-0.2, -0.15) is 0 Å². The molecule has 0 amide bonds. The van der Waals surface area contributed by atoms with E-state index in [2.05, 4.69) is 14.9 Å². The molecule has 54 valence electrons. The lowest BCUT2D eigenvalue weighted by Gasteiger charge is -1.89. The van der Waals surface area contributed by atoms with Crippen LogP contribution in [-0.4, -0.2) is 10.3 Å².